The van der Waals surface area contributed by atoms with E-state index >= 15 is 0 Å². The molecule has 88 valence electrons. The van der Waals surface area contributed by atoms with Gasteiger partial charge < -0.3 is 23.4 Å². The van der Waals surface area contributed by atoms with Crippen LogP contribution in [0.15, 0.2) is 12.1 Å². The van der Waals surface area contributed by atoms with E-state index in [0.29, 0.717) is 0 Å². The summed E-state index contributed by atoms with van der Waals surface area (Å²) < 4.78 is 42.3. The quantitative estimate of drug-likeness (QED) is 0.401. The molecular weight excluding hydrogens is 261 g/mol. The Bertz CT molecular complexity index is 437. The van der Waals surface area contributed by atoms with Crippen LogP contribution in [0.2, 0.25) is 0 Å². The normalized spacial score (nSPS) is 10.6. The number of hydrogen-bond donors (Lipinski definition) is 1. The topological polar surface area (TPSA) is 52.3 Å². The zero-order chi connectivity index (χ0) is 12.5. The molecule has 17 heavy (non-hydrogen) atoms. The second kappa shape index (κ2) is 6.24. The van der Waals surface area contributed by atoms with Gasteiger partial charge in [0.15, 0.2) is 0 Å². The number of halogens is 3. The average Bonchev–Trinajstić information content (AvgIpc) is 2.18. The molecule has 0 saturated heterocycles. The smallest absolute Gasteiger partial charge is 0.465 e. The van der Waals surface area contributed by atoms with E-state index in [1.54, 1.807) is 0 Å². The molecule has 3 nitrogen and oxygen atoms in total. The summed E-state index contributed by atoms with van der Waals surface area (Å²) >= 11 is 0. The van der Waals surface area contributed by atoms with Crippen LogP contribution in [0.5, 0.6) is 0 Å². The van der Waals surface area contributed by atoms with E-state index < -0.39 is 18.4 Å². The van der Waals surface area contributed by atoms with E-state index in [2.05, 4.69) is 4.74 Å². The summed E-state index contributed by atoms with van der Waals surface area (Å²) in [5.74, 6) is -0.828. The van der Waals surface area contributed by atoms with Crippen LogP contribution < -0.4 is 62.6 Å². The molecule has 0 unspecified atom stereocenters. The van der Waals surface area contributed by atoms with Gasteiger partial charge >= 0.3 is 64.3 Å². The van der Waals surface area contributed by atoms with Crippen molar-refractivity contribution in [1.82, 2.24) is 0 Å². The largest absolute Gasteiger partial charge is 1.00 e. The molecule has 0 aliphatic carbocycles. The van der Waals surface area contributed by atoms with Gasteiger partial charge in [-0.1, -0.05) is 11.6 Å². The van der Waals surface area contributed by atoms with Gasteiger partial charge in [0.2, 0.25) is 0 Å². The van der Waals surface area contributed by atoms with Crippen molar-refractivity contribution in [2.45, 2.75) is 6.92 Å². The molecule has 2 N–H and O–H groups in total. The van der Waals surface area contributed by atoms with E-state index in [9.17, 15) is 17.7 Å². The number of esters is 1. The Balaban J connectivity index is 0.00000256. The van der Waals surface area contributed by atoms with Crippen LogP contribution in [0, 0.1) is 6.92 Å². The zero-order valence-electron chi connectivity index (χ0n) is 9.76. The van der Waals surface area contributed by atoms with Crippen LogP contribution in [0.4, 0.5) is 18.6 Å². The number of methoxy groups -OCH3 is 1. The third kappa shape index (κ3) is 3.99. The Labute approximate surface area is 139 Å². The minimum absolute atomic E-state index is 0. The predicted molar refractivity (Wildman–Crippen MR) is 55.6 cm³/mol. The molecule has 0 amide bonds. The molecule has 0 bridgehead atoms. The molecule has 0 fully saturated rings. The molecule has 1 aromatic rings. The van der Waals surface area contributed by atoms with Crippen LogP contribution in [0.3, 0.4) is 0 Å². The first-order valence-electron chi connectivity index (χ1n) is 4.45. The summed E-state index contributed by atoms with van der Waals surface area (Å²) in [6, 6.07) is 1.99. The van der Waals surface area contributed by atoms with Crippen molar-refractivity contribution in [3.05, 3.63) is 23.3 Å². The third-order valence-electron chi connectivity index (χ3n) is 2.23. The molecule has 0 atom stereocenters. The van der Waals surface area contributed by atoms with Crippen molar-refractivity contribution in [3.8, 4) is 0 Å². The Hall–Kier alpha value is -0.0187. The van der Waals surface area contributed by atoms with Gasteiger partial charge in [0.05, 0.1) is 12.7 Å². The van der Waals surface area contributed by atoms with E-state index in [4.69, 9.17) is 5.73 Å². The molecule has 0 aromatic heterocycles. The molecular formula is C9H10BF3KNO2. The maximum absolute atomic E-state index is 12.6. The molecule has 0 saturated carbocycles. The summed E-state index contributed by atoms with van der Waals surface area (Å²) in [7, 11) is 1.10. The third-order valence-corrected chi connectivity index (χ3v) is 2.23. The first-order valence-corrected chi connectivity index (χ1v) is 4.45. The van der Waals surface area contributed by atoms with Gasteiger partial charge in [-0.2, -0.15) is 0 Å². The van der Waals surface area contributed by atoms with Gasteiger partial charge in [-0.3, -0.25) is 0 Å². The summed E-state index contributed by atoms with van der Waals surface area (Å²) in [5, 5.41) is 0. The van der Waals surface area contributed by atoms with Gasteiger partial charge in [0, 0.05) is 5.69 Å². The summed E-state index contributed by atoms with van der Waals surface area (Å²) in [5.41, 5.74) is 4.03. The molecule has 0 aliphatic rings. The molecule has 1 rings (SSSR count). The van der Waals surface area contributed by atoms with Crippen LogP contribution in [0.25, 0.3) is 0 Å². The summed E-state index contributed by atoms with van der Waals surface area (Å²) in [6.45, 7) is -3.97. The van der Waals surface area contributed by atoms with Crippen LogP contribution in [-0.4, -0.2) is 20.1 Å². The van der Waals surface area contributed by atoms with Gasteiger partial charge in [-0.15, -0.1) is 5.46 Å². The second-order valence-corrected chi connectivity index (χ2v) is 3.35. The Morgan fingerprint density at radius 2 is 1.88 bits per heavy atom. The van der Waals surface area contributed by atoms with Gasteiger partial charge in [-0.05, 0) is 13.0 Å². The van der Waals surface area contributed by atoms with Crippen molar-refractivity contribution >= 4 is 24.1 Å². The van der Waals surface area contributed by atoms with Crippen LogP contribution in [-0.2, 0) is 4.74 Å². The molecule has 0 aliphatic heterocycles. The standard InChI is InChI=1S/C9H10BF3NO2.K/c1-5-7(9(15)16-2)3-6(14)4-8(5)10(11,12)13;/h3-4H,14H2,1-2H3;/q-1;+1. The molecule has 0 heterocycles. The first kappa shape index (κ1) is 17.0. The van der Waals surface area contributed by atoms with Gasteiger partial charge in [-0.25, -0.2) is 4.79 Å². The minimum Gasteiger partial charge on any atom is -0.465 e. The Morgan fingerprint density at radius 3 is 2.29 bits per heavy atom. The number of rotatable bonds is 2. The van der Waals surface area contributed by atoms with Gasteiger partial charge in [0.25, 0.3) is 0 Å². The van der Waals surface area contributed by atoms with E-state index in [1.807, 2.05) is 0 Å². The van der Waals surface area contributed by atoms with Crippen LogP contribution >= 0.6 is 0 Å². The number of carbonyl (C=O) groups is 1. The van der Waals surface area contributed by atoms with Crippen molar-refractivity contribution in [1.29, 1.82) is 0 Å². The van der Waals surface area contributed by atoms with Gasteiger partial charge in [0.1, 0.15) is 0 Å². The maximum atomic E-state index is 12.6. The Kier molecular flexibility index (Phi) is 6.23. The SMILES string of the molecule is COC(=O)c1cc(N)cc([B-](F)(F)F)c1C.[K+]. The van der Waals surface area contributed by atoms with Crippen molar-refractivity contribution in [2.75, 3.05) is 12.8 Å². The first-order chi connectivity index (χ1) is 7.27. The van der Waals surface area contributed by atoms with E-state index in [-0.39, 0.29) is 68.2 Å². The predicted octanol–water partition coefficient (Wildman–Crippen LogP) is -1.58. The van der Waals surface area contributed by atoms with E-state index in [0.717, 1.165) is 13.2 Å². The number of carbonyl (C=O) groups excluding carboxylic acids is 1. The monoisotopic (exact) mass is 271 g/mol. The van der Waals surface area contributed by atoms with Crippen LogP contribution in [0.1, 0.15) is 15.9 Å². The number of nitrogen functional groups attached to an aromatic ring is 1. The summed E-state index contributed by atoms with van der Waals surface area (Å²) in [4.78, 5) is 11.2. The number of hydrogen-bond acceptors (Lipinski definition) is 3. The Morgan fingerprint density at radius 1 is 1.35 bits per heavy atom. The fourth-order valence-electron chi connectivity index (χ4n) is 1.42. The van der Waals surface area contributed by atoms with E-state index in [1.165, 1.54) is 13.0 Å². The fraction of sp³-hybridized carbons (Fsp3) is 0.222. The number of nitrogens with two attached hydrogens (primary N) is 1. The minimum atomic E-state index is -5.19. The molecule has 8 heteroatoms. The van der Waals surface area contributed by atoms with Crippen molar-refractivity contribution < 1.29 is 73.9 Å². The fourth-order valence-corrected chi connectivity index (χ4v) is 1.42. The maximum Gasteiger partial charge on any atom is 1.00 e. The number of ether oxygens (including phenoxy) is 1. The van der Waals surface area contributed by atoms with Crippen molar-refractivity contribution in [2.24, 2.45) is 0 Å². The van der Waals surface area contributed by atoms with Crippen molar-refractivity contribution in [3.63, 3.8) is 0 Å². The molecule has 0 radical (unpaired) electrons. The number of benzene rings is 1. The summed E-state index contributed by atoms with van der Waals surface area (Å²) in [6.07, 6.45) is 0. The molecule has 1 aromatic carbocycles. The second-order valence-electron chi connectivity index (χ2n) is 3.35. The molecule has 0 spiro atoms. The average molecular weight is 271 g/mol. The zero-order valence-corrected chi connectivity index (χ0v) is 12.9. The number of anilines is 1.